The molecule has 1 unspecified atom stereocenters. The van der Waals surface area contributed by atoms with Gasteiger partial charge in [-0.05, 0) is 43.7 Å². The molecule has 1 aliphatic heterocycles. The van der Waals surface area contributed by atoms with Crippen LogP contribution in [0.5, 0.6) is 0 Å². The van der Waals surface area contributed by atoms with Crippen molar-refractivity contribution in [3.05, 3.63) is 28.7 Å². The second-order valence-electron chi connectivity index (χ2n) is 3.56. The molecule has 1 fully saturated rings. The van der Waals surface area contributed by atoms with Gasteiger partial charge in [0.15, 0.2) is 0 Å². The highest BCUT2D eigenvalue weighted by Crippen LogP contribution is 2.23. The van der Waals surface area contributed by atoms with Gasteiger partial charge in [0.05, 0.1) is 0 Å². The summed E-state index contributed by atoms with van der Waals surface area (Å²) in [4.78, 5) is 1.36. The van der Waals surface area contributed by atoms with Crippen LogP contribution in [0.1, 0.15) is 12.8 Å². The normalized spacial score (nSPS) is 19.9. The lowest BCUT2D eigenvalue weighted by atomic mass is 10.3. The van der Waals surface area contributed by atoms with Gasteiger partial charge in [0.1, 0.15) is 0 Å². The fourth-order valence-corrected chi connectivity index (χ4v) is 2.90. The SMILES string of the molecule is Brc1ccc(SCC2CCCN2)cc1.Cl. The molecular weight excluding hydrogens is 294 g/mol. The topological polar surface area (TPSA) is 12.0 Å². The molecule has 1 heterocycles. The van der Waals surface area contributed by atoms with Crippen LogP contribution in [0.15, 0.2) is 33.6 Å². The van der Waals surface area contributed by atoms with E-state index < -0.39 is 0 Å². The number of benzene rings is 1. The quantitative estimate of drug-likeness (QED) is 0.854. The van der Waals surface area contributed by atoms with E-state index in [9.17, 15) is 0 Å². The maximum absolute atomic E-state index is 3.51. The second kappa shape index (κ2) is 6.79. The zero-order valence-corrected chi connectivity index (χ0v) is 11.6. The van der Waals surface area contributed by atoms with Gasteiger partial charge in [-0.3, -0.25) is 0 Å². The van der Waals surface area contributed by atoms with Crippen molar-refractivity contribution in [2.24, 2.45) is 0 Å². The van der Waals surface area contributed by atoms with E-state index in [4.69, 9.17) is 0 Å². The van der Waals surface area contributed by atoms with E-state index in [2.05, 4.69) is 45.5 Å². The van der Waals surface area contributed by atoms with Gasteiger partial charge in [-0.2, -0.15) is 0 Å². The molecule has 1 N–H and O–H groups in total. The number of hydrogen-bond acceptors (Lipinski definition) is 2. The zero-order chi connectivity index (χ0) is 9.80. The first-order chi connectivity index (χ1) is 6.84. The maximum atomic E-state index is 3.51. The first kappa shape index (κ1) is 13.4. The van der Waals surface area contributed by atoms with Gasteiger partial charge < -0.3 is 5.32 Å². The standard InChI is InChI=1S/C11H14BrNS.ClH/c12-9-3-5-11(6-4-9)14-8-10-2-1-7-13-10;/h3-6,10,13H,1-2,7-8H2;1H. The van der Waals surface area contributed by atoms with E-state index >= 15 is 0 Å². The zero-order valence-electron chi connectivity index (χ0n) is 8.41. The highest BCUT2D eigenvalue weighted by molar-refractivity contribution is 9.10. The minimum atomic E-state index is 0. The van der Waals surface area contributed by atoms with Crippen LogP contribution >= 0.6 is 40.1 Å². The van der Waals surface area contributed by atoms with Crippen molar-refractivity contribution in [3.8, 4) is 0 Å². The Labute approximate surface area is 110 Å². The summed E-state index contributed by atoms with van der Waals surface area (Å²) >= 11 is 5.38. The molecule has 1 aromatic rings. The average molecular weight is 309 g/mol. The first-order valence-electron chi connectivity index (χ1n) is 4.96. The fourth-order valence-electron chi connectivity index (χ4n) is 1.63. The van der Waals surface area contributed by atoms with Crippen LogP contribution in [-0.2, 0) is 0 Å². The summed E-state index contributed by atoms with van der Waals surface area (Å²) in [5.74, 6) is 1.20. The maximum Gasteiger partial charge on any atom is 0.0176 e. The summed E-state index contributed by atoms with van der Waals surface area (Å²) in [5.41, 5.74) is 0. The van der Waals surface area contributed by atoms with Crippen LogP contribution in [-0.4, -0.2) is 18.3 Å². The van der Waals surface area contributed by atoms with E-state index in [-0.39, 0.29) is 12.4 Å². The molecule has 0 amide bonds. The Balaban J connectivity index is 0.00000112. The Morgan fingerprint density at radius 2 is 2.07 bits per heavy atom. The third-order valence-corrected chi connectivity index (χ3v) is 4.13. The first-order valence-corrected chi connectivity index (χ1v) is 6.74. The van der Waals surface area contributed by atoms with E-state index in [0.717, 1.165) is 10.5 Å². The molecule has 0 aromatic heterocycles. The minimum absolute atomic E-state index is 0. The van der Waals surface area contributed by atoms with Crippen molar-refractivity contribution >= 4 is 40.1 Å². The van der Waals surface area contributed by atoms with E-state index in [0.29, 0.717) is 0 Å². The molecule has 1 atom stereocenters. The van der Waals surface area contributed by atoms with Crippen molar-refractivity contribution in [1.82, 2.24) is 5.32 Å². The van der Waals surface area contributed by atoms with E-state index in [1.165, 1.54) is 30.0 Å². The molecule has 0 bridgehead atoms. The predicted molar refractivity (Wildman–Crippen MR) is 73.1 cm³/mol. The number of nitrogens with one attached hydrogen (secondary N) is 1. The number of rotatable bonds is 3. The highest BCUT2D eigenvalue weighted by Gasteiger charge is 2.13. The molecule has 1 saturated heterocycles. The van der Waals surface area contributed by atoms with Gasteiger partial charge in [0.25, 0.3) is 0 Å². The molecule has 1 aliphatic rings. The molecule has 0 aliphatic carbocycles. The predicted octanol–water partition coefficient (Wildman–Crippen LogP) is 3.72. The van der Waals surface area contributed by atoms with E-state index in [1.54, 1.807) is 0 Å². The van der Waals surface area contributed by atoms with Gasteiger partial charge in [0, 0.05) is 21.2 Å². The average Bonchev–Trinajstić information content (AvgIpc) is 2.70. The van der Waals surface area contributed by atoms with Gasteiger partial charge >= 0.3 is 0 Å². The third-order valence-electron chi connectivity index (χ3n) is 2.43. The molecule has 15 heavy (non-hydrogen) atoms. The lowest BCUT2D eigenvalue weighted by Crippen LogP contribution is -2.23. The summed E-state index contributed by atoms with van der Waals surface area (Å²) in [7, 11) is 0. The lowest BCUT2D eigenvalue weighted by Gasteiger charge is -2.08. The molecule has 0 spiro atoms. The Morgan fingerprint density at radius 1 is 1.33 bits per heavy atom. The minimum Gasteiger partial charge on any atom is -0.313 e. The third kappa shape index (κ3) is 4.35. The van der Waals surface area contributed by atoms with Gasteiger partial charge in [0.2, 0.25) is 0 Å². The van der Waals surface area contributed by atoms with Crippen LogP contribution in [0.3, 0.4) is 0 Å². The second-order valence-corrected chi connectivity index (χ2v) is 5.57. The number of halogens is 2. The molecule has 84 valence electrons. The Kier molecular flexibility index (Phi) is 6.05. The summed E-state index contributed by atoms with van der Waals surface area (Å²) in [5, 5.41) is 3.51. The molecule has 1 aromatic carbocycles. The lowest BCUT2D eigenvalue weighted by molar-refractivity contribution is 0.674. The van der Waals surface area contributed by atoms with Gasteiger partial charge in [-0.25, -0.2) is 0 Å². The summed E-state index contributed by atoms with van der Waals surface area (Å²) in [6.45, 7) is 1.20. The van der Waals surface area contributed by atoms with Gasteiger partial charge in [-0.15, -0.1) is 24.2 Å². The van der Waals surface area contributed by atoms with Gasteiger partial charge in [-0.1, -0.05) is 15.9 Å². The smallest absolute Gasteiger partial charge is 0.0176 e. The van der Waals surface area contributed by atoms with Crippen LogP contribution in [0.4, 0.5) is 0 Å². The van der Waals surface area contributed by atoms with Crippen molar-refractivity contribution in [2.45, 2.75) is 23.8 Å². The number of thioether (sulfide) groups is 1. The molecule has 2 rings (SSSR count). The Bertz CT molecular complexity index is 285. The summed E-state index contributed by atoms with van der Waals surface area (Å²) in [6.07, 6.45) is 2.68. The molecule has 1 nitrogen and oxygen atoms in total. The molecule has 4 heteroatoms. The van der Waals surface area contributed by atoms with Crippen LogP contribution in [0.2, 0.25) is 0 Å². The monoisotopic (exact) mass is 307 g/mol. The molecule has 0 saturated carbocycles. The molecule has 0 radical (unpaired) electrons. The summed E-state index contributed by atoms with van der Waals surface area (Å²) < 4.78 is 1.15. The van der Waals surface area contributed by atoms with E-state index in [1.807, 2.05) is 11.8 Å². The van der Waals surface area contributed by atoms with Crippen molar-refractivity contribution in [1.29, 1.82) is 0 Å². The Morgan fingerprint density at radius 3 is 2.67 bits per heavy atom. The Hall–Kier alpha value is 0.300. The van der Waals surface area contributed by atoms with Crippen LogP contribution < -0.4 is 5.32 Å². The van der Waals surface area contributed by atoms with Crippen LogP contribution in [0.25, 0.3) is 0 Å². The number of hydrogen-bond donors (Lipinski definition) is 1. The summed E-state index contributed by atoms with van der Waals surface area (Å²) in [6, 6.07) is 9.27. The fraction of sp³-hybridized carbons (Fsp3) is 0.455. The molecular formula is C11H15BrClNS. The van der Waals surface area contributed by atoms with Crippen molar-refractivity contribution in [2.75, 3.05) is 12.3 Å². The largest absolute Gasteiger partial charge is 0.313 e. The van der Waals surface area contributed by atoms with Crippen molar-refractivity contribution in [3.63, 3.8) is 0 Å². The van der Waals surface area contributed by atoms with Crippen LogP contribution in [0, 0.1) is 0 Å². The highest BCUT2D eigenvalue weighted by atomic mass is 79.9. The van der Waals surface area contributed by atoms with Crippen molar-refractivity contribution < 1.29 is 0 Å².